The van der Waals surface area contributed by atoms with Crippen molar-refractivity contribution in [1.29, 1.82) is 0 Å². The van der Waals surface area contributed by atoms with Gasteiger partial charge in [-0.2, -0.15) is 0 Å². The second-order valence-electron chi connectivity index (χ2n) is 6.79. The molecule has 9 heteroatoms. The Morgan fingerprint density at radius 3 is 2.18 bits per heavy atom. The molecule has 28 heavy (non-hydrogen) atoms. The first-order chi connectivity index (χ1) is 12.8. The molecule has 0 unspecified atom stereocenters. The average Bonchev–Trinajstić information content (AvgIpc) is 2.61. The lowest BCUT2D eigenvalue weighted by Gasteiger charge is -2.20. The van der Waals surface area contributed by atoms with E-state index in [9.17, 15) is 4.79 Å². The number of guanidine groups is 1. The van der Waals surface area contributed by atoms with Gasteiger partial charge in [-0.05, 0) is 44.9 Å². The topological polar surface area (TPSA) is 93.2 Å². The number of hydrogen-bond donors (Lipinski definition) is 3. The van der Waals surface area contributed by atoms with Gasteiger partial charge in [0, 0.05) is 26.7 Å². The molecule has 1 aromatic rings. The Kier molecular flexibility index (Phi) is 12.4. The summed E-state index contributed by atoms with van der Waals surface area (Å²) in [6.07, 6.45) is 0.373. The van der Waals surface area contributed by atoms with Gasteiger partial charge in [-0.25, -0.2) is 4.79 Å². The predicted molar refractivity (Wildman–Crippen MR) is 122 cm³/mol. The third-order valence-corrected chi connectivity index (χ3v) is 3.46. The fourth-order valence-electron chi connectivity index (χ4n) is 2.24. The summed E-state index contributed by atoms with van der Waals surface area (Å²) >= 11 is 0. The van der Waals surface area contributed by atoms with Crippen molar-refractivity contribution in [3.8, 4) is 11.5 Å². The summed E-state index contributed by atoms with van der Waals surface area (Å²) in [6, 6.07) is 5.86. The predicted octanol–water partition coefficient (Wildman–Crippen LogP) is 2.55. The van der Waals surface area contributed by atoms with E-state index in [4.69, 9.17) is 14.2 Å². The summed E-state index contributed by atoms with van der Waals surface area (Å²) in [7, 11) is 4.94. The lowest BCUT2D eigenvalue weighted by Crippen LogP contribution is -2.42. The molecule has 0 saturated heterocycles. The molecule has 0 aliphatic heterocycles. The third-order valence-electron chi connectivity index (χ3n) is 3.46. The van der Waals surface area contributed by atoms with Gasteiger partial charge < -0.3 is 30.2 Å². The van der Waals surface area contributed by atoms with Crippen molar-refractivity contribution in [1.82, 2.24) is 16.0 Å². The fraction of sp³-hybridized carbons (Fsp3) is 0.579. The van der Waals surface area contributed by atoms with Crippen molar-refractivity contribution in [3.63, 3.8) is 0 Å². The second-order valence-corrected chi connectivity index (χ2v) is 6.79. The van der Waals surface area contributed by atoms with Crippen LogP contribution in [0.5, 0.6) is 11.5 Å². The SMILES string of the molecule is CN=C(NCCNC(=O)OC(C)(C)C)NCCc1ccc(OC)c(OC)c1.I. The number of ether oxygens (including phenoxy) is 3. The van der Waals surface area contributed by atoms with Gasteiger partial charge in [0.25, 0.3) is 0 Å². The first-order valence-corrected chi connectivity index (χ1v) is 8.91. The average molecular weight is 508 g/mol. The van der Waals surface area contributed by atoms with Crippen molar-refractivity contribution < 1.29 is 19.0 Å². The molecular weight excluding hydrogens is 475 g/mol. The molecule has 0 saturated carbocycles. The molecule has 0 aliphatic carbocycles. The molecule has 0 fully saturated rings. The molecule has 0 aliphatic rings. The Labute approximate surface area is 184 Å². The van der Waals surface area contributed by atoms with Crippen molar-refractivity contribution in [2.24, 2.45) is 4.99 Å². The normalized spacial score (nSPS) is 11.1. The first kappa shape index (κ1) is 26.1. The van der Waals surface area contributed by atoms with Gasteiger partial charge in [0.05, 0.1) is 14.2 Å². The number of methoxy groups -OCH3 is 2. The number of nitrogens with zero attached hydrogens (tertiary/aromatic N) is 1. The molecule has 160 valence electrons. The minimum absolute atomic E-state index is 0. The Morgan fingerprint density at radius 1 is 1.00 bits per heavy atom. The summed E-state index contributed by atoms with van der Waals surface area (Å²) in [6.45, 7) is 7.16. The van der Waals surface area contributed by atoms with E-state index in [2.05, 4.69) is 20.9 Å². The van der Waals surface area contributed by atoms with E-state index in [-0.39, 0.29) is 24.0 Å². The van der Waals surface area contributed by atoms with E-state index in [1.165, 1.54) is 0 Å². The Hall–Kier alpha value is -1.91. The van der Waals surface area contributed by atoms with E-state index >= 15 is 0 Å². The molecule has 0 radical (unpaired) electrons. The van der Waals surface area contributed by atoms with Crippen molar-refractivity contribution in [2.75, 3.05) is 40.9 Å². The highest BCUT2D eigenvalue weighted by Crippen LogP contribution is 2.27. The van der Waals surface area contributed by atoms with Crippen molar-refractivity contribution in [3.05, 3.63) is 23.8 Å². The molecule has 3 N–H and O–H groups in total. The van der Waals surface area contributed by atoms with Crippen LogP contribution in [0.4, 0.5) is 4.79 Å². The Morgan fingerprint density at radius 2 is 1.61 bits per heavy atom. The highest BCUT2D eigenvalue weighted by Gasteiger charge is 2.15. The number of hydrogen-bond acceptors (Lipinski definition) is 5. The van der Waals surface area contributed by atoms with Crippen LogP contribution in [0.3, 0.4) is 0 Å². The van der Waals surface area contributed by atoms with Gasteiger partial charge in [0.1, 0.15) is 5.60 Å². The van der Waals surface area contributed by atoms with Gasteiger partial charge in [-0.3, -0.25) is 4.99 Å². The molecule has 1 rings (SSSR count). The van der Waals surface area contributed by atoms with Gasteiger partial charge in [-0.1, -0.05) is 6.07 Å². The van der Waals surface area contributed by atoms with Gasteiger partial charge in [0.2, 0.25) is 0 Å². The lowest BCUT2D eigenvalue weighted by molar-refractivity contribution is 0.0529. The van der Waals surface area contributed by atoms with Crippen LogP contribution in [0.15, 0.2) is 23.2 Å². The van der Waals surface area contributed by atoms with Crippen molar-refractivity contribution in [2.45, 2.75) is 32.8 Å². The number of alkyl carbamates (subject to hydrolysis) is 1. The van der Waals surface area contributed by atoms with Crippen LogP contribution >= 0.6 is 24.0 Å². The van der Waals surface area contributed by atoms with Crippen molar-refractivity contribution >= 4 is 36.0 Å². The highest BCUT2D eigenvalue weighted by atomic mass is 127. The van der Waals surface area contributed by atoms with Crippen LogP contribution in [0.2, 0.25) is 0 Å². The zero-order valence-electron chi connectivity index (χ0n) is 17.5. The Balaban J connectivity index is 0.00000729. The zero-order chi connectivity index (χ0) is 20.3. The number of nitrogens with one attached hydrogen (secondary N) is 3. The van der Waals surface area contributed by atoms with E-state index in [0.717, 1.165) is 12.0 Å². The summed E-state index contributed by atoms with van der Waals surface area (Å²) in [5, 5.41) is 9.06. The third kappa shape index (κ3) is 10.4. The zero-order valence-corrected chi connectivity index (χ0v) is 19.9. The van der Waals surface area contributed by atoms with Crippen LogP contribution in [-0.4, -0.2) is 58.6 Å². The first-order valence-electron chi connectivity index (χ1n) is 8.91. The van der Waals surface area contributed by atoms with E-state index in [1.54, 1.807) is 21.3 Å². The molecule has 0 bridgehead atoms. The smallest absolute Gasteiger partial charge is 0.407 e. The molecular formula is C19H33IN4O4. The summed E-state index contributed by atoms with van der Waals surface area (Å²) < 4.78 is 15.7. The summed E-state index contributed by atoms with van der Waals surface area (Å²) in [4.78, 5) is 15.7. The van der Waals surface area contributed by atoms with E-state index in [0.29, 0.717) is 37.1 Å². The highest BCUT2D eigenvalue weighted by molar-refractivity contribution is 14.0. The van der Waals surface area contributed by atoms with Crippen LogP contribution in [0.1, 0.15) is 26.3 Å². The molecule has 1 amide bonds. The van der Waals surface area contributed by atoms with Gasteiger partial charge in [-0.15, -0.1) is 24.0 Å². The van der Waals surface area contributed by atoms with Gasteiger partial charge in [0.15, 0.2) is 17.5 Å². The number of benzene rings is 1. The minimum atomic E-state index is -0.501. The molecule has 8 nitrogen and oxygen atoms in total. The van der Waals surface area contributed by atoms with Crippen LogP contribution < -0.4 is 25.4 Å². The summed E-state index contributed by atoms with van der Waals surface area (Å²) in [5.74, 6) is 2.09. The van der Waals surface area contributed by atoms with E-state index in [1.807, 2.05) is 39.0 Å². The number of halogens is 1. The Bertz CT molecular complexity index is 633. The molecule has 0 spiro atoms. The molecule has 0 atom stereocenters. The number of aliphatic imine (C=N–C) groups is 1. The maximum Gasteiger partial charge on any atom is 0.407 e. The largest absolute Gasteiger partial charge is 0.493 e. The number of carbonyl (C=O) groups excluding carboxylic acids is 1. The van der Waals surface area contributed by atoms with Crippen LogP contribution in [0, 0.1) is 0 Å². The number of amides is 1. The van der Waals surface area contributed by atoms with Gasteiger partial charge >= 0.3 is 6.09 Å². The lowest BCUT2D eigenvalue weighted by atomic mass is 10.1. The number of carbonyl (C=O) groups is 1. The molecule has 1 aromatic carbocycles. The second kappa shape index (κ2) is 13.3. The molecule has 0 heterocycles. The van der Waals surface area contributed by atoms with Crippen LogP contribution in [-0.2, 0) is 11.2 Å². The molecule has 0 aromatic heterocycles. The maximum absolute atomic E-state index is 11.6. The van der Waals surface area contributed by atoms with Crippen LogP contribution in [0.25, 0.3) is 0 Å². The quantitative estimate of drug-likeness (QED) is 0.216. The maximum atomic E-state index is 11.6. The minimum Gasteiger partial charge on any atom is -0.493 e. The number of rotatable bonds is 8. The monoisotopic (exact) mass is 508 g/mol. The fourth-order valence-corrected chi connectivity index (χ4v) is 2.24. The summed E-state index contributed by atoms with van der Waals surface area (Å²) in [5.41, 5.74) is 0.626. The van der Waals surface area contributed by atoms with E-state index < -0.39 is 11.7 Å². The standard InChI is InChI=1S/C19H32N4O4.HI/c1-19(2,3)27-18(24)23-12-11-22-17(20-4)21-10-9-14-7-8-15(25-5)16(13-14)26-6;/h7-8,13H,9-12H2,1-6H3,(H,23,24)(H2,20,21,22);1H.